The highest BCUT2D eigenvalue weighted by Crippen LogP contribution is 2.46. The largest absolute Gasteiger partial charge is 0.493 e. The lowest BCUT2D eigenvalue weighted by molar-refractivity contribution is 0.0347. The van der Waals surface area contributed by atoms with Gasteiger partial charge in [0.25, 0.3) is 0 Å². The van der Waals surface area contributed by atoms with Crippen LogP contribution in [0.4, 0.5) is 0 Å². The summed E-state index contributed by atoms with van der Waals surface area (Å²) in [5, 5.41) is 20.9. The summed E-state index contributed by atoms with van der Waals surface area (Å²) >= 11 is 0. The highest BCUT2D eigenvalue weighted by Gasteiger charge is 2.44. The van der Waals surface area contributed by atoms with Crippen LogP contribution in [-0.2, 0) is 4.74 Å². The Bertz CT molecular complexity index is 680. The summed E-state index contributed by atoms with van der Waals surface area (Å²) in [5.41, 5.74) is 1.19. The van der Waals surface area contributed by atoms with Gasteiger partial charge in [-0.1, -0.05) is 33.8 Å². The van der Waals surface area contributed by atoms with Crippen LogP contribution in [0.2, 0.25) is 0 Å². The van der Waals surface area contributed by atoms with E-state index in [0.717, 1.165) is 24.3 Å². The average Bonchev–Trinajstić information content (AvgIpc) is 3.12. The van der Waals surface area contributed by atoms with Crippen LogP contribution >= 0.6 is 0 Å². The van der Waals surface area contributed by atoms with Crippen LogP contribution in [0.3, 0.4) is 0 Å². The number of benzene rings is 1. The summed E-state index contributed by atoms with van der Waals surface area (Å²) in [4.78, 5) is 2.33. The summed E-state index contributed by atoms with van der Waals surface area (Å²) in [7, 11) is 5.47. The zero-order valence-electron chi connectivity index (χ0n) is 21.1. The van der Waals surface area contributed by atoms with Crippen molar-refractivity contribution < 1.29 is 24.4 Å². The summed E-state index contributed by atoms with van der Waals surface area (Å²) in [6.45, 7) is 10.1. The molecule has 0 saturated carbocycles. The third kappa shape index (κ3) is 6.60. The maximum atomic E-state index is 11.1. The van der Waals surface area contributed by atoms with Gasteiger partial charge in [-0.3, -0.25) is 4.90 Å². The first kappa shape index (κ1) is 26.9. The van der Waals surface area contributed by atoms with Crippen LogP contribution in [0.1, 0.15) is 58.6 Å². The van der Waals surface area contributed by atoms with Gasteiger partial charge in [-0.25, -0.2) is 0 Å². The van der Waals surface area contributed by atoms with Crippen molar-refractivity contribution in [1.82, 2.24) is 4.90 Å². The van der Waals surface area contributed by atoms with E-state index in [0.29, 0.717) is 37.4 Å². The van der Waals surface area contributed by atoms with Gasteiger partial charge in [0.05, 0.1) is 19.8 Å². The first-order valence-corrected chi connectivity index (χ1v) is 12.1. The van der Waals surface area contributed by atoms with Crippen molar-refractivity contribution in [3.8, 4) is 11.5 Å². The third-order valence-electron chi connectivity index (χ3n) is 7.18. The first-order valence-electron chi connectivity index (χ1n) is 12.1. The number of aliphatic hydroxyl groups excluding tert-OH is 2. The van der Waals surface area contributed by atoms with E-state index in [2.05, 4.69) is 51.8 Å². The van der Waals surface area contributed by atoms with Crippen LogP contribution in [-0.4, -0.2) is 68.3 Å². The van der Waals surface area contributed by atoms with E-state index in [-0.39, 0.29) is 24.6 Å². The monoisotopic (exact) mass is 451 g/mol. The maximum Gasteiger partial charge on any atom is 0.161 e. The maximum absolute atomic E-state index is 11.1. The molecule has 1 aliphatic rings. The highest BCUT2D eigenvalue weighted by atomic mass is 16.5. The molecule has 32 heavy (non-hydrogen) atoms. The zero-order chi connectivity index (χ0) is 23.8. The fourth-order valence-electron chi connectivity index (χ4n) is 5.03. The van der Waals surface area contributed by atoms with Crippen LogP contribution in [0.15, 0.2) is 18.2 Å². The van der Waals surface area contributed by atoms with Crippen molar-refractivity contribution in [3.63, 3.8) is 0 Å². The molecule has 0 spiro atoms. The Morgan fingerprint density at radius 3 is 2.38 bits per heavy atom. The number of likely N-dealkylation sites (tertiary alicyclic amines) is 1. The number of nitrogens with zero attached hydrogens (tertiary/aromatic N) is 1. The minimum absolute atomic E-state index is 0.0633. The van der Waals surface area contributed by atoms with Gasteiger partial charge in [-0.2, -0.15) is 0 Å². The molecule has 1 aromatic rings. The first-order chi connectivity index (χ1) is 15.2. The molecule has 0 aromatic heterocycles. The van der Waals surface area contributed by atoms with Crippen molar-refractivity contribution in [2.24, 2.45) is 23.7 Å². The van der Waals surface area contributed by atoms with Gasteiger partial charge in [0.15, 0.2) is 11.5 Å². The molecule has 0 aliphatic carbocycles. The second-order valence-electron chi connectivity index (χ2n) is 9.92. The number of rotatable bonds is 13. The van der Waals surface area contributed by atoms with E-state index in [9.17, 15) is 10.2 Å². The van der Waals surface area contributed by atoms with Gasteiger partial charge < -0.3 is 24.4 Å². The van der Waals surface area contributed by atoms with Gasteiger partial charge in [-0.05, 0) is 61.3 Å². The summed E-state index contributed by atoms with van der Waals surface area (Å²) in [6, 6.07) is 6.46. The van der Waals surface area contributed by atoms with E-state index in [1.165, 1.54) is 5.56 Å². The summed E-state index contributed by atoms with van der Waals surface area (Å²) < 4.78 is 16.7. The summed E-state index contributed by atoms with van der Waals surface area (Å²) in [5.74, 6) is 2.83. The molecule has 0 radical (unpaired) electrons. The molecule has 1 fully saturated rings. The smallest absolute Gasteiger partial charge is 0.161 e. The van der Waals surface area contributed by atoms with E-state index < -0.39 is 6.10 Å². The molecular weight excluding hydrogens is 406 g/mol. The normalized spacial score (nSPS) is 23.7. The number of hydrogen-bond acceptors (Lipinski definition) is 6. The van der Waals surface area contributed by atoms with Gasteiger partial charge in [-0.15, -0.1) is 0 Å². The Kier molecular flexibility index (Phi) is 10.7. The molecule has 1 saturated heterocycles. The van der Waals surface area contributed by atoms with Crippen molar-refractivity contribution in [1.29, 1.82) is 0 Å². The molecule has 1 aliphatic heterocycles. The van der Waals surface area contributed by atoms with Crippen molar-refractivity contribution in [3.05, 3.63) is 23.8 Å². The molecule has 2 N–H and O–H groups in total. The Balaban J connectivity index is 2.26. The molecule has 6 nitrogen and oxygen atoms in total. The molecular formula is C26H45NO5. The standard InChI is InChI=1S/C26H45NO5/c1-17(2)20(16-28)13-23(29)22-15-21(18(3)4)26(27(22)5)19-9-10-24(31-7)25(14-19)32-12-8-11-30-6/h9-10,14,17-18,20-23,26,28-29H,8,11-13,15-16H2,1-7H3/t20-,21+,22+,23+,26+/m1/s1. The SMILES string of the molecule is COCCCOc1cc([C@H]2[C@H](C(C)C)C[C@@H]([C@@H](O)C[C@H](CO)C(C)C)N2C)ccc1OC. The van der Waals surface area contributed by atoms with E-state index in [1.54, 1.807) is 14.2 Å². The Morgan fingerprint density at radius 2 is 1.81 bits per heavy atom. The lowest BCUT2D eigenvalue weighted by Crippen LogP contribution is -2.39. The molecule has 6 heteroatoms. The Morgan fingerprint density at radius 1 is 1.09 bits per heavy atom. The van der Waals surface area contributed by atoms with Crippen LogP contribution in [0, 0.1) is 23.7 Å². The quantitative estimate of drug-likeness (QED) is 0.439. The lowest BCUT2D eigenvalue weighted by atomic mass is 9.83. The van der Waals surface area contributed by atoms with Crippen molar-refractivity contribution >= 4 is 0 Å². The number of hydrogen-bond donors (Lipinski definition) is 2. The van der Waals surface area contributed by atoms with Gasteiger partial charge in [0.2, 0.25) is 0 Å². The highest BCUT2D eigenvalue weighted by molar-refractivity contribution is 5.44. The predicted octanol–water partition coefficient (Wildman–Crippen LogP) is 4.14. The molecule has 0 bridgehead atoms. The number of ether oxygens (including phenoxy) is 3. The van der Waals surface area contributed by atoms with Crippen molar-refractivity contribution in [2.45, 2.75) is 65.1 Å². The number of likely N-dealkylation sites (N-methyl/N-ethyl adjacent to an activating group) is 1. The van der Waals surface area contributed by atoms with E-state index in [4.69, 9.17) is 14.2 Å². The molecule has 5 atom stereocenters. The van der Waals surface area contributed by atoms with Gasteiger partial charge >= 0.3 is 0 Å². The Hall–Kier alpha value is -1.34. The van der Waals surface area contributed by atoms with E-state index >= 15 is 0 Å². The molecule has 184 valence electrons. The fourth-order valence-corrected chi connectivity index (χ4v) is 5.03. The molecule has 0 unspecified atom stereocenters. The lowest BCUT2D eigenvalue weighted by Gasteiger charge is -2.33. The summed E-state index contributed by atoms with van der Waals surface area (Å²) in [6.07, 6.45) is 1.91. The molecule has 2 rings (SSSR count). The average molecular weight is 452 g/mol. The van der Waals surface area contributed by atoms with Crippen molar-refractivity contribution in [2.75, 3.05) is 41.1 Å². The van der Waals surface area contributed by atoms with E-state index in [1.807, 2.05) is 6.07 Å². The number of methoxy groups -OCH3 is 2. The molecule has 1 heterocycles. The van der Waals surface area contributed by atoms with Gasteiger partial charge in [0, 0.05) is 38.8 Å². The molecule has 1 aromatic carbocycles. The topological polar surface area (TPSA) is 71.4 Å². The minimum atomic E-state index is -0.464. The zero-order valence-corrected chi connectivity index (χ0v) is 21.1. The van der Waals surface area contributed by atoms with Gasteiger partial charge in [0.1, 0.15) is 0 Å². The fraction of sp³-hybridized carbons (Fsp3) is 0.769. The van der Waals surface area contributed by atoms with Crippen LogP contribution in [0.25, 0.3) is 0 Å². The second kappa shape index (κ2) is 12.8. The van der Waals surface area contributed by atoms with Crippen LogP contribution in [0.5, 0.6) is 11.5 Å². The third-order valence-corrected chi connectivity index (χ3v) is 7.18. The van der Waals surface area contributed by atoms with Crippen LogP contribution < -0.4 is 9.47 Å². The minimum Gasteiger partial charge on any atom is -0.493 e. The second-order valence-corrected chi connectivity index (χ2v) is 9.92. The Labute approximate surface area is 194 Å². The molecule has 0 amide bonds. The predicted molar refractivity (Wildman–Crippen MR) is 128 cm³/mol. The number of aliphatic hydroxyl groups is 2.